The number of allylic oxidation sites excluding steroid dienone is 1. The van der Waals surface area contributed by atoms with Gasteiger partial charge in [0.25, 0.3) is 0 Å². The van der Waals surface area contributed by atoms with Crippen LogP contribution in [0.1, 0.15) is 83.1 Å². The van der Waals surface area contributed by atoms with Crippen molar-refractivity contribution in [2.45, 2.75) is 83.7 Å². The maximum Gasteiger partial charge on any atom is 0.389 e. The molecular weight excluding hydrogens is 401 g/mol. The van der Waals surface area contributed by atoms with Crippen molar-refractivity contribution in [3.63, 3.8) is 0 Å². The molecule has 0 amide bonds. The first kappa shape index (κ1) is 23.9. The van der Waals surface area contributed by atoms with Gasteiger partial charge in [0.2, 0.25) is 0 Å². The molecule has 2 nitrogen and oxygen atoms in total. The van der Waals surface area contributed by atoms with Gasteiger partial charge in [0.05, 0.1) is 5.92 Å². The van der Waals surface area contributed by atoms with Crippen molar-refractivity contribution in [2.75, 3.05) is 0 Å². The molecule has 0 bridgehead atoms. The number of esters is 1. The zero-order chi connectivity index (χ0) is 22.3. The molecule has 0 N–H and O–H groups in total. The van der Waals surface area contributed by atoms with E-state index < -0.39 is 12.6 Å². The molecule has 2 fully saturated rings. The Labute approximate surface area is 184 Å². The number of carbonyl (C=O) groups is 1. The van der Waals surface area contributed by atoms with E-state index in [0.29, 0.717) is 29.9 Å². The summed E-state index contributed by atoms with van der Waals surface area (Å²) in [6.07, 6.45) is 8.56. The van der Waals surface area contributed by atoms with Crippen molar-refractivity contribution in [1.29, 1.82) is 0 Å². The van der Waals surface area contributed by atoms with Crippen LogP contribution in [0.15, 0.2) is 30.3 Å². The quantitative estimate of drug-likeness (QED) is 0.320. The lowest BCUT2D eigenvalue weighted by Gasteiger charge is -2.37. The molecule has 0 heterocycles. The number of benzene rings is 1. The molecule has 0 spiro atoms. The fraction of sp³-hybridized carbons (Fsp3) is 0.654. The lowest BCUT2D eigenvalue weighted by molar-refractivity contribution is -0.140. The van der Waals surface area contributed by atoms with E-state index in [1.54, 1.807) is 0 Å². The molecule has 0 radical (unpaired) electrons. The fourth-order valence-electron chi connectivity index (χ4n) is 5.40. The van der Waals surface area contributed by atoms with E-state index in [0.717, 1.165) is 56.9 Å². The van der Waals surface area contributed by atoms with E-state index in [2.05, 4.69) is 0 Å². The summed E-state index contributed by atoms with van der Waals surface area (Å²) in [7, 11) is 0. The number of ether oxygens (including phenoxy) is 1. The van der Waals surface area contributed by atoms with Crippen molar-refractivity contribution in [1.82, 2.24) is 0 Å². The molecule has 1 aromatic carbocycles. The number of halogens is 3. The maximum absolute atomic E-state index is 12.6. The summed E-state index contributed by atoms with van der Waals surface area (Å²) in [5, 5.41) is 0. The van der Waals surface area contributed by atoms with E-state index >= 15 is 0 Å². The van der Waals surface area contributed by atoms with Gasteiger partial charge in [-0.15, -0.1) is 0 Å². The molecule has 172 valence electrons. The summed E-state index contributed by atoms with van der Waals surface area (Å²) in [6.45, 7) is 1.97. The number of rotatable bonds is 7. The monoisotopic (exact) mass is 436 g/mol. The highest BCUT2D eigenvalue weighted by atomic mass is 19.4. The van der Waals surface area contributed by atoms with Gasteiger partial charge in [0.1, 0.15) is 5.75 Å². The number of alkyl halides is 3. The molecule has 0 saturated heterocycles. The first-order valence-corrected chi connectivity index (χ1v) is 11.8. The summed E-state index contributed by atoms with van der Waals surface area (Å²) in [5.41, 5.74) is 1.08. The van der Waals surface area contributed by atoms with Crippen molar-refractivity contribution in [3.8, 4) is 5.75 Å². The largest absolute Gasteiger partial charge is 0.426 e. The topological polar surface area (TPSA) is 26.3 Å². The first-order chi connectivity index (χ1) is 14.8. The predicted octanol–water partition coefficient (Wildman–Crippen LogP) is 7.97. The number of hydrogen-bond acceptors (Lipinski definition) is 2. The van der Waals surface area contributed by atoms with Crippen LogP contribution in [0.5, 0.6) is 5.75 Å². The average Bonchev–Trinajstić information content (AvgIpc) is 2.75. The minimum absolute atomic E-state index is 0.0230. The van der Waals surface area contributed by atoms with Crippen molar-refractivity contribution in [3.05, 3.63) is 35.9 Å². The SMILES string of the molecule is C/C=C/c1ccc(OC(=O)C2CCC(C3CCC(CCCC(F)(F)F)CC3)CC2)cc1. The predicted molar refractivity (Wildman–Crippen MR) is 118 cm³/mol. The second-order valence-corrected chi connectivity index (χ2v) is 9.39. The smallest absolute Gasteiger partial charge is 0.389 e. The van der Waals surface area contributed by atoms with E-state index in [1.807, 2.05) is 43.3 Å². The van der Waals surface area contributed by atoms with Crippen LogP contribution in [0.3, 0.4) is 0 Å². The molecule has 0 atom stereocenters. The number of hydrogen-bond donors (Lipinski definition) is 0. The summed E-state index contributed by atoms with van der Waals surface area (Å²) in [5.74, 6) is 2.25. The third-order valence-electron chi connectivity index (χ3n) is 7.19. The standard InChI is InChI=1S/C26H35F3O2/c1-2-4-19-8-16-24(17-9-19)31-25(30)23-14-12-22(13-15-23)21-10-6-20(7-11-21)5-3-18-26(27,28)29/h2,4,8-9,16-17,20-23H,3,5-7,10-15,18H2,1H3/b4-2+. The van der Waals surface area contributed by atoms with Gasteiger partial charge >= 0.3 is 12.1 Å². The minimum Gasteiger partial charge on any atom is -0.426 e. The Balaban J connectivity index is 1.36. The molecule has 2 aliphatic rings. The summed E-state index contributed by atoms with van der Waals surface area (Å²) in [4.78, 5) is 12.6. The van der Waals surface area contributed by atoms with Gasteiger partial charge in [-0.25, -0.2) is 0 Å². The average molecular weight is 437 g/mol. The van der Waals surface area contributed by atoms with Crippen molar-refractivity contribution < 1.29 is 22.7 Å². The Hall–Kier alpha value is -1.78. The van der Waals surface area contributed by atoms with Gasteiger partial charge in [0.15, 0.2) is 0 Å². The lowest BCUT2D eigenvalue weighted by Crippen LogP contribution is -2.30. The second-order valence-electron chi connectivity index (χ2n) is 9.39. The highest BCUT2D eigenvalue weighted by Gasteiger charge is 2.34. The molecule has 0 unspecified atom stereocenters. The van der Waals surface area contributed by atoms with Gasteiger partial charge < -0.3 is 4.74 Å². The Morgan fingerprint density at radius 1 is 0.968 bits per heavy atom. The zero-order valence-electron chi connectivity index (χ0n) is 18.5. The third-order valence-corrected chi connectivity index (χ3v) is 7.19. The van der Waals surface area contributed by atoms with E-state index in [9.17, 15) is 18.0 Å². The maximum atomic E-state index is 12.6. The summed E-state index contributed by atoms with van der Waals surface area (Å²) >= 11 is 0. The molecular formula is C26H35F3O2. The van der Waals surface area contributed by atoms with Crippen LogP contribution in [-0.2, 0) is 4.79 Å². The van der Waals surface area contributed by atoms with E-state index in [-0.39, 0.29) is 18.3 Å². The fourth-order valence-corrected chi connectivity index (χ4v) is 5.40. The van der Waals surface area contributed by atoms with Crippen LogP contribution in [0, 0.1) is 23.7 Å². The molecule has 0 aromatic heterocycles. The Morgan fingerprint density at radius 3 is 2.10 bits per heavy atom. The van der Waals surface area contributed by atoms with Gasteiger partial charge in [-0.3, -0.25) is 4.79 Å². The molecule has 5 heteroatoms. The van der Waals surface area contributed by atoms with Gasteiger partial charge in [0, 0.05) is 6.42 Å². The van der Waals surface area contributed by atoms with Crippen LogP contribution in [0.2, 0.25) is 0 Å². The van der Waals surface area contributed by atoms with Crippen LogP contribution in [0.4, 0.5) is 13.2 Å². The van der Waals surface area contributed by atoms with Crippen LogP contribution >= 0.6 is 0 Å². The summed E-state index contributed by atoms with van der Waals surface area (Å²) in [6, 6.07) is 7.57. The normalized spacial score (nSPS) is 27.4. The highest BCUT2D eigenvalue weighted by Crippen LogP contribution is 2.42. The minimum atomic E-state index is -4.02. The van der Waals surface area contributed by atoms with Crippen LogP contribution < -0.4 is 4.74 Å². The first-order valence-electron chi connectivity index (χ1n) is 11.8. The zero-order valence-corrected chi connectivity index (χ0v) is 18.5. The molecule has 2 saturated carbocycles. The molecule has 3 rings (SSSR count). The Kier molecular flexibility index (Phi) is 8.62. The Bertz CT molecular complexity index is 707. The van der Waals surface area contributed by atoms with Crippen molar-refractivity contribution in [2.24, 2.45) is 23.7 Å². The highest BCUT2D eigenvalue weighted by molar-refractivity contribution is 5.75. The molecule has 2 aliphatic carbocycles. The summed E-state index contributed by atoms with van der Waals surface area (Å²) < 4.78 is 42.6. The van der Waals surface area contributed by atoms with Gasteiger partial charge in [-0.2, -0.15) is 13.2 Å². The third kappa shape index (κ3) is 7.69. The second kappa shape index (κ2) is 11.2. The van der Waals surface area contributed by atoms with Gasteiger partial charge in [-0.05, 0) is 87.3 Å². The molecule has 1 aromatic rings. The van der Waals surface area contributed by atoms with Crippen molar-refractivity contribution >= 4 is 12.0 Å². The van der Waals surface area contributed by atoms with Gasteiger partial charge in [-0.1, -0.05) is 43.5 Å². The van der Waals surface area contributed by atoms with Crippen LogP contribution in [-0.4, -0.2) is 12.1 Å². The number of carbonyl (C=O) groups excluding carboxylic acids is 1. The molecule has 31 heavy (non-hydrogen) atoms. The van der Waals surface area contributed by atoms with Crippen LogP contribution in [0.25, 0.3) is 6.08 Å². The Morgan fingerprint density at radius 2 is 1.55 bits per heavy atom. The van der Waals surface area contributed by atoms with E-state index in [1.165, 1.54) is 0 Å². The van der Waals surface area contributed by atoms with E-state index in [4.69, 9.17) is 4.74 Å². The lowest BCUT2D eigenvalue weighted by atomic mass is 9.68. The molecule has 0 aliphatic heterocycles.